The van der Waals surface area contributed by atoms with Crippen LogP contribution < -0.4 is 5.63 Å². The molecule has 0 N–H and O–H groups in total. The van der Waals surface area contributed by atoms with Crippen LogP contribution in [0, 0.1) is 28.6 Å². The predicted octanol–water partition coefficient (Wildman–Crippen LogP) is 5.34. The average Bonchev–Trinajstić information content (AvgIpc) is 3.42. The van der Waals surface area contributed by atoms with Gasteiger partial charge in [0.1, 0.15) is 5.58 Å². The molecule has 7 atom stereocenters. The molecule has 2 aromatic rings. The standard InChI is InChI=1S/C34H38O10S/c1-16-15-20(35)40-23-18(16)9-10-19-21(23)24(42-28(39)34-14-12-32(8,26(37)44-34)30(34,5)6)22(17(2)45-19)41-27(38)33-13-11-31(7,25(36)43-33)29(33,3)4/h9-10,15,17,22,24H,11-14H2,1-8H3/t17-,22-,24+,31-,32-,33+,34+/m1/s1. The highest BCUT2D eigenvalue weighted by atomic mass is 32.2. The maximum atomic E-state index is 14.4. The molecule has 10 nitrogen and oxygen atoms in total. The van der Waals surface area contributed by atoms with E-state index in [-0.39, 0.29) is 12.0 Å². The first-order chi connectivity index (χ1) is 20.9. The molecule has 0 amide bonds. The third-order valence-corrected chi connectivity index (χ3v) is 14.0. The quantitative estimate of drug-likeness (QED) is 0.244. The van der Waals surface area contributed by atoms with Crippen LogP contribution in [0.2, 0.25) is 0 Å². The Morgan fingerprint density at radius 3 is 1.84 bits per heavy atom. The number of benzene rings is 1. The van der Waals surface area contributed by atoms with E-state index in [0.717, 1.165) is 0 Å². The van der Waals surface area contributed by atoms with Gasteiger partial charge in [-0.3, -0.25) is 9.59 Å². The molecule has 4 fully saturated rings. The molecule has 2 saturated carbocycles. The van der Waals surface area contributed by atoms with Gasteiger partial charge in [0.05, 0.1) is 16.4 Å². The van der Waals surface area contributed by atoms with E-state index >= 15 is 0 Å². The molecule has 3 aliphatic heterocycles. The van der Waals surface area contributed by atoms with E-state index in [1.807, 2.05) is 53.7 Å². The Labute approximate surface area is 264 Å². The summed E-state index contributed by atoms with van der Waals surface area (Å²) in [4.78, 5) is 67.9. The molecule has 1 aromatic carbocycles. The highest BCUT2D eigenvalue weighted by Gasteiger charge is 2.78. The summed E-state index contributed by atoms with van der Waals surface area (Å²) in [5, 5.41) is 0.216. The number of thioether (sulfide) groups is 1. The fourth-order valence-electron chi connectivity index (χ4n) is 8.55. The Bertz CT molecular complexity index is 1790. The molecule has 45 heavy (non-hydrogen) atoms. The van der Waals surface area contributed by atoms with Crippen LogP contribution in [-0.4, -0.2) is 46.4 Å². The van der Waals surface area contributed by atoms with Gasteiger partial charge in [0.2, 0.25) is 11.2 Å². The second-order valence-electron chi connectivity index (χ2n) is 15.0. The number of esters is 4. The largest absolute Gasteiger partial charge is 0.454 e. The SMILES string of the molecule is Cc1cc(=O)oc2c3c(ccc12)S[C@H](C)[C@@H](OC(=O)[C@]12CC[C@](C)(C(=O)O1)C2(C)C)[C@H]3OC(=O)[C@]12CC[C@](C)(C(=O)O1)C2(C)C. The van der Waals surface area contributed by atoms with Crippen molar-refractivity contribution in [2.45, 2.75) is 115 Å². The van der Waals surface area contributed by atoms with Gasteiger partial charge in [0.15, 0.2) is 12.2 Å². The van der Waals surface area contributed by atoms with E-state index in [9.17, 15) is 24.0 Å². The van der Waals surface area contributed by atoms with Crippen molar-refractivity contribution in [1.29, 1.82) is 0 Å². The molecular formula is C34H38O10S. The first-order valence-electron chi connectivity index (χ1n) is 15.5. The molecule has 4 bridgehead atoms. The molecule has 0 unspecified atom stereocenters. The maximum absolute atomic E-state index is 14.4. The number of carbonyl (C=O) groups is 4. The smallest absolute Gasteiger partial charge is 0.351 e. The van der Waals surface area contributed by atoms with Crippen LogP contribution >= 0.6 is 11.8 Å². The lowest BCUT2D eigenvalue weighted by atomic mass is 9.66. The van der Waals surface area contributed by atoms with Crippen molar-refractivity contribution in [3.8, 4) is 0 Å². The molecule has 2 aliphatic carbocycles. The molecule has 240 valence electrons. The molecule has 5 aliphatic rings. The van der Waals surface area contributed by atoms with Crippen LogP contribution in [0.5, 0.6) is 0 Å². The van der Waals surface area contributed by atoms with E-state index in [4.69, 9.17) is 23.4 Å². The van der Waals surface area contributed by atoms with Crippen LogP contribution in [0.3, 0.4) is 0 Å². The van der Waals surface area contributed by atoms with Crippen molar-refractivity contribution in [2.75, 3.05) is 0 Å². The number of hydrogen-bond acceptors (Lipinski definition) is 11. The first-order valence-corrected chi connectivity index (χ1v) is 16.4. The van der Waals surface area contributed by atoms with Crippen LogP contribution in [0.25, 0.3) is 11.0 Å². The van der Waals surface area contributed by atoms with E-state index in [1.54, 1.807) is 13.8 Å². The Morgan fingerprint density at radius 1 is 0.822 bits per heavy atom. The van der Waals surface area contributed by atoms with Crippen molar-refractivity contribution < 1.29 is 42.5 Å². The van der Waals surface area contributed by atoms with Crippen molar-refractivity contribution in [3.05, 3.63) is 39.7 Å². The molecule has 0 spiro atoms. The fraction of sp³-hybridized carbons (Fsp3) is 0.618. The number of aryl methyl sites for hydroxylation is 1. The van der Waals surface area contributed by atoms with Gasteiger partial charge in [-0.25, -0.2) is 14.4 Å². The van der Waals surface area contributed by atoms with Crippen molar-refractivity contribution >= 4 is 46.6 Å². The second-order valence-corrected chi connectivity index (χ2v) is 16.4. The van der Waals surface area contributed by atoms with Crippen LogP contribution in [0.1, 0.15) is 91.4 Å². The first kappa shape index (κ1) is 30.3. The minimum Gasteiger partial charge on any atom is -0.454 e. The zero-order chi connectivity index (χ0) is 32.7. The summed E-state index contributed by atoms with van der Waals surface area (Å²) in [5.74, 6) is -2.34. The van der Waals surface area contributed by atoms with Crippen LogP contribution in [-0.2, 0) is 38.1 Å². The predicted molar refractivity (Wildman–Crippen MR) is 161 cm³/mol. The summed E-state index contributed by atoms with van der Waals surface area (Å²) in [6, 6.07) is 5.11. The Hall–Kier alpha value is -3.34. The van der Waals surface area contributed by atoms with Gasteiger partial charge in [-0.1, -0.05) is 27.7 Å². The summed E-state index contributed by atoms with van der Waals surface area (Å²) in [6.45, 7) is 14.6. The lowest BCUT2D eigenvalue weighted by Crippen LogP contribution is -2.53. The van der Waals surface area contributed by atoms with Crippen molar-refractivity contribution in [1.82, 2.24) is 0 Å². The number of fused-ring (bicyclic) bond motifs is 7. The summed E-state index contributed by atoms with van der Waals surface area (Å²) < 4.78 is 30.1. The summed E-state index contributed by atoms with van der Waals surface area (Å²) in [5.41, 5.74) is -5.77. The molecule has 7 rings (SSSR count). The Balaban J connectivity index is 1.34. The molecule has 0 radical (unpaired) electrons. The maximum Gasteiger partial charge on any atom is 0.351 e. The summed E-state index contributed by atoms with van der Waals surface area (Å²) in [6.07, 6.45) is -0.762. The van der Waals surface area contributed by atoms with Gasteiger partial charge in [0, 0.05) is 32.4 Å². The van der Waals surface area contributed by atoms with E-state index in [2.05, 4.69) is 0 Å². The van der Waals surface area contributed by atoms with Crippen LogP contribution in [0.4, 0.5) is 0 Å². The van der Waals surface area contributed by atoms with Gasteiger partial charge in [-0.2, -0.15) is 0 Å². The van der Waals surface area contributed by atoms with Gasteiger partial charge in [-0.05, 0) is 71.1 Å². The number of hydrogen-bond donors (Lipinski definition) is 0. The summed E-state index contributed by atoms with van der Waals surface area (Å²) >= 11 is 1.40. The Morgan fingerprint density at radius 2 is 1.36 bits per heavy atom. The van der Waals surface area contributed by atoms with Gasteiger partial charge in [0.25, 0.3) is 0 Å². The fourth-order valence-corrected chi connectivity index (χ4v) is 9.77. The number of carbonyl (C=O) groups excluding carboxylic acids is 4. The lowest BCUT2D eigenvalue weighted by molar-refractivity contribution is -0.202. The number of ether oxygens (including phenoxy) is 4. The third kappa shape index (κ3) is 3.40. The monoisotopic (exact) mass is 638 g/mol. The van der Waals surface area contributed by atoms with Crippen LogP contribution in [0.15, 0.2) is 32.3 Å². The highest BCUT2D eigenvalue weighted by molar-refractivity contribution is 8.00. The zero-order valence-corrected chi connectivity index (χ0v) is 27.6. The third-order valence-electron chi connectivity index (χ3n) is 12.8. The topological polar surface area (TPSA) is 135 Å². The second kappa shape index (κ2) is 8.92. The van der Waals surface area contributed by atoms with E-state index < -0.39 is 79.8 Å². The highest BCUT2D eigenvalue weighted by Crippen LogP contribution is 2.67. The molecular weight excluding hydrogens is 600 g/mol. The van der Waals surface area contributed by atoms with Crippen molar-refractivity contribution in [3.63, 3.8) is 0 Å². The number of rotatable bonds is 4. The normalized spacial score (nSPS) is 38.5. The van der Waals surface area contributed by atoms with E-state index in [0.29, 0.717) is 40.7 Å². The molecule has 4 heterocycles. The van der Waals surface area contributed by atoms with Gasteiger partial charge >= 0.3 is 29.5 Å². The summed E-state index contributed by atoms with van der Waals surface area (Å²) in [7, 11) is 0. The zero-order valence-electron chi connectivity index (χ0n) is 26.8. The molecule has 11 heteroatoms. The molecule has 2 saturated heterocycles. The van der Waals surface area contributed by atoms with E-state index in [1.165, 1.54) is 17.8 Å². The molecule has 1 aromatic heterocycles. The lowest BCUT2D eigenvalue weighted by Gasteiger charge is -2.41. The Kier molecular flexibility index (Phi) is 6.01. The van der Waals surface area contributed by atoms with Gasteiger partial charge < -0.3 is 23.4 Å². The average molecular weight is 639 g/mol. The minimum atomic E-state index is -1.54. The minimum absolute atomic E-state index is 0.228. The van der Waals surface area contributed by atoms with Gasteiger partial charge in [-0.15, -0.1) is 11.8 Å². The van der Waals surface area contributed by atoms with Crippen molar-refractivity contribution in [2.24, 2.45) is 21.7 Å².